The first-order valence-electron chi connectivity index (χ1n) is 6.51. The third kappa shape index (κ3) is 3.19. The van der Waals surface area contributed by atoms with Crippen molar-refractivity contribution in [3.63, 3.8) is 0 Å². The number of H-pyrrole nitrogens is 2. The van der Waals surface area contributed by atoms with E-state index in [4.69, 9.17) is 5.73 Å². The van der Waals surface area contributed by atoms with Gasteiger partial charge in [0, 0.05) is 5.69 Å². The Kier molecular flexibility index (Phi) is 3.69. The number of carbonyl (C=O) groups is 1. The first kappa shape index (κ1) is 15.0. The van der Waals surface area contributed by atoms with Crippen molar-refractivity contribution in [2.24, 2.45) is 11.1 Å². The smallest absolute Gasteiger partial charge is 0.314 e. The van der Waals surface area contributed by atoms with Gasteiger partial charge >= 0.3 is 11.1 Å². The molecule has 7 nitrogen and oxygen atoms in total. The predicted octanol–water partition coefficient (Wildman–Crippen LogP) is 0.528. The molecule has 5 N–H and O–H groups in total. The molecule has 1 amide bonds. The summed E-state index contributed by atoms with van der Waals surface area (Å²) in [7, 11) is 0. The van der Waals surface area contributed by atoms with Gasteiger partial charge in [-0.3, -0.25) is 14.4 Å². The molecule has 2 rings (SSSR count). The Morgan fingerprint density at radius 1 is 1.14 bits per heavy atom. The zero-order valence-corrected chi connectivity index (χ0v) is 12.1. The van der Waals surface area contributed by atoms with E-state index in [9.17, 15) is 14.4 Å². The molecule has 21 heavy (non-hydrogen) atoms. The maximum Gasteiger partial charge on any atom is 0.314 e. The van der Waals surface area contributed by atoms with E-state index in [0.717, 1.165) is 0 Å². The van der Waals surface area contributed by atoms with Crippen molar-refractivity contribution in [2.75, 3.05) is 5.32 Å². The van der Waals surface area contributed by atoms with Crippen LogP contribution in [-0.2, 0) is 4.79 Å². The summed E-state index contributed by atoms with van der Waals surface area (Å²) in [6.07, 6.45) is 0. The molecule has 1 aromatic carbocycles. The molecule has 112 valence electrons. The lowest BCUT2D eigenvalue weighted by Gasteiger charge is -2.25. The molecule has 0 aliphatic heterocycles. The van der Waals surface area contributed by atoms with Crippen LogP contribution in [0.15, 0.2) is 27.8 Å². The van der Waals surface area contributed by atoms with Gasteiger partial charge in [-0.1, -0.05) is 20.8 Å². The molecule has 1 unspecified atom stereocenters. The van der Waals surface area contributed by atoms with E-state index in [1.165, 1.54) is 0 Å². The Labute approximate surface area is 120 Å². The number of rotatable bonds is 2. The summed E-state index contributed by atoms with van der Waals surface area (Å²) in [5.41, 5.74) is 5.48. The number of fused-ring (bicyclic) bond motifs is 1. The van der Waals surface area contributed by atoms with Crippen LogP contribution in [0.25, 0.3) is 11.0 Å². The SMILES string of the molecule is CC(C)(C)C(N)C(=O)Nc1ccc2[nH]c(=O)c(=O)[nH]c2c1. The molecule has 0 bridgehead atoms. The van der Waals surface area contributed by atoms with Crippen molar-refractivity contribution in [3.8, 4) is 0 Å². The zero-order valence-electron chi connectivity index (χ0n) is 12.1. The summed E-state index contributed by atoms with van der Waals surface area (Å²) >= 11 is 0. The number of aromatic nitrogens is 2. The summed E-state index contributed by atoms with van der Waals surface area (Å²) in [5.74, 6) is -0.311. The van der Waals surface area contributed by atoms with Gasteiger partial charge in [-0.15, -0.1) is 0 Å². The highest BCUT2D eigenvalue weighted by Crippen LogP contribution is 2.20. The van der Waals surface area contributed by atoms with Crippen molar-refractivity contribution in [1.29, 1.82) is 0 Å². The third-order valence-electron chi connectivity index (χ3n) is 3.21. The Bertz CT molecular complexity index is 798. The third-order valence-corrected chi connectivity index (χ3v) is 3.21. The minimum atomic E-state index is -0.739. The lowest BCUT2D eigenvalue weighted by molar-refractivity contribution is -0.119. The molecular formula is C14H18N4O3. The Balaban J connectivity index is 2.32. The highest BCUT2D eigenvalue weighted by molar-refractivity contribution is 5.96. The van der Waals surface area contributed by atoms with Crippen LogP contribution in [-0.4, -0.2) is 21.9 Å². The molecule has 1 atom stereocenters. The number of nitrogens with two attached hydrogens (primary N) is 1. The monoisotopic (exact) mass is 290 g/mol. The predicted molar refractivity (Wildman–Crippen MR) is 81.2 cm³/mol. The summed E-state index contributed by atoms with van der Waals surface area (Å²) in [5, 5.41) is 2.70. The molecule has 1 heterocycles. The van der Waals surface area contributed by atoms with Gasteiger partial charge in [0.25, 0.3) is 0 Å². The van der Waals surface area contributed by atoms with E-state index in [0.29, 0.717) is 16.7 Å². The molecule has 7 heteroatoms. The van der Waals surface area contributed by atoms with E-state index >= 15 is 0 Å². The van der Waals surface area contributed by atoms with E-state index in [2.05, 4.69) is 15.3 Å². The van der Waals surface area contributed by atoms with Crippen LogP contribution in [0.5, 0.6) is 0 Å². The fourth-order valence-corrected chi connectivity index (χ4v) is 1.81. The number of hydrogen-bond donors (Lipinski definition) is 4. The Hall–Kier alpha value is -2.41. The van der Waals surface area contributed by atoms with Gasteiger partial charge in [0.15, 0.2) is 0 Å². The van der Waals surface area contributed by atoms with Crippen LogP contribution in [0.2, 0.25) is 0 Å². The van der Waals surface area contributed by atoms with E-state index in [1.807, 2.05) is 20.8 Å². The molecule has 0 aliphatic rings. The van der Waals surface area contributed by atoms with Crippen LogP contribution in [0.1, 0.15) is 20.8 Å². The molecule has 2 aromatic rings. The van der Waals surface area contributed by atoms with Crippen LogP contribution in [0.4, 0.5) is 5.69 Å². The second-order valence-corrected chi connectivity index (χ2v) is 6.00. The number of benzene rings is 1. The van der Waals surface area contributed by atoms with E-state index < -0.39 is 17.2 Å². The van der Waals surface area contributed by atoms with Gasteiger partial charge in [0.1, 0.15) is 0 Å². The molecule has 0 saturated heterocycles. The van der Waals surface area contributed by atoms with Gasteiger partial charge in [0.05, 0.1) is 17.1 Å². The van der Waals surface area contributed by atoms with Crippen molar-refractivity contribution >= 4 is 22.6 Å². The summed E-state index contributed by atoms with van der Waals surface area (Å²) in [4.78, 5) is 39.5. The van der Waals surface area contributed by atoms with Crippen LogP contribution in [0.3, 0.4) is 0 Å². The Morgan fingerprint density at radius 3 is 2.29 bits per heavy atom. The second kappa shape index (κ2) is 5.17. The van der Waals surface area contributed by atoms with E-state index in [-0.39, 0.29) is 11.3 Å². The van der Waals surface area contributed by atoms with E-state index in [1.54, 1.807) is 18.2 Å². The zero-order chi connectivity index (χ0) is 15.8. The number of aromatic amines is 2. The first-order valence-corrected chi connectivity index (χ1v) is 6.51. The standard InChI is InChI=1S/C14H18N4O3/c1-14(2,3)10(15)11(19)16-7-4-5-8-9(6-7)18-13(21)12(20)17-8/h4-6,10H,15H2,1-3H3,(H,16,19)(H,17,20)(H,18,21). The van der Waals surface area contributed by atoms with Gasteiger partial charge < -0.3 is 21.0 Å². The number of carbonyl (C=O) groups excluding carboxylic acids is 1. The number of anilines is 1. The van der Waals surface area contributed by atoms with Crippen LogP contribution >= 0.6 is 0 Å². The van der Waals surface area contributed by atoms with Gasteiger partial charge in [-0.25, -0.2) is 0 Å². The van der Waals surface area contributed by atoms with Crippen molar-refractivity contribution in [3.05, 3.63) is 38.9 Å². The maximum atomic E-state index is 12.1. The molecule has 1 aromatic heterocycles. The average Bonchev–Trinajstić information content (AvgIpc) is 2.38. The van der Waals surface area contributed by atoms with Gasteiger partial charge in [0.2, 0.25) is 5.91 Å². The van der Waals surface area contributed by atoms with Crippen LogP contribution < -0.4 is 22.2 Å². The quantitative estimate of drug-likeness (QED) is 0.603. The highest BCUT2D eigenvalue weighted by Gasteiger charge is 2.27. The summed E-state index contributed by atoms with van der Waals surface area (Å²) < 4.78 is 0. The van der Waals surface area contributed by atoms with Crippen molar-refractivity contribution < 1.29 is 4.79 Å². The van der Waals surface area contributed by atoms with Crippen LogP contribution in [0, 0.1) is 5.41 Å². The largest absolute Gasteiger partial charge is 0.325 e. The molecule has 0 spiro atoms. The Morgan fingerprint density at radius 2 is 1.71 bits per heavy atom. The summed E-state index contributed by atoms with van der Waals surface area (Å²) in [6.45, 7) is 5.62. The molecule has 0 aliphatic carbocycles. The number of nitrogens with one attached hydrogen (secondary N) is 3. The molecule has 0 saturated carbocycles. The molecule has 0 radical (unpaired) electrons. The lowest BCUT2D eigenvalue weighted by Crippen LogP contribution is -2.45. The lowest BCUT2D eigenvalue weighted by atomic mass is 9.87. The maximum absolute atomic E-state index is 12.1. The highest BCUT2D eigenvalue weighted by atomic mass is 16.2. The van der Waals surface area contributed by atoms with Gasteiger partial charge in [-0.2, -0.15) is 0 Å². The normalized spacial score (nSPS) is 13.1. The second-order valence-electron chi connectivity index (χ2n) is 6.00. The number of hydrogen-bond acceptors (Lipinski definition) is 4. The topological polar surface area (TPSA) is 121 Å². The fraction of sp³-hybridized carbons (Fsp3) is 0.357. The number of amides is 1. The summed E-state index contributed by atoms with van der Waals surface area (Å²) in [6, 6.07) is 4.14. The van der Waals surface area contributed by atoms with Gasteiger partial charge in [-0.05, 0) is 23.6 Å². The molecular weight excluding hydrogens is 272 g/mol. The minimum absolute atomic E-state index is 0.311. The van der Waals surface area contributed by atoms with Crippen molar-refractivity contribution in [2.45, 2.75) is 26.8 Å². The molecule has 0 fully saturated rings. The minimum Gasteiger partial charge on any atom is -0.325 e. The fourth-order valence-electron chi connectivity index (χ4n) is 1.81. The average molecular weight is 290 g/mol. The van der Waals surface area contributed by atoms with Crippen molar-refractivity contribution in [1.82, 2.24) is 9.97 Å². The first-order chi connectivity index (χ1) is 9.68.